The molecule has 2 aromatic rings. The largest absolute Gasteiger partial charge is 0.494 e. The van der Waals surface area contributed by atoms with Crippen LogP contribution in [0, 0.1) is 5.41 Å². The first-order valence-electron chi connectivity index (χ1n) is 25.4. The quantitative estimate of drug-likeness (QED) is 0.191. The molecule has 0 spiro atoms. The third-order valence-electron chi connectivity index (χ3n) is 14.6. The molecule has 0 bridgehead atoms. The summed E-state index contributed by atoms with van der Waals surface area (Å²) in [6, 6.07) is 12.9. The first-order valence-corrected chi connectivity index (χ1v) is 25.4. The van der Waals surface area contributed by atoms with E-state index in [-0.39, 0.29) is 39.1 Å². The number of nitrogens with two attached hydrogens (primary N) is 2. The van der Waals surface area contributed by atoms with E-state index in [1.165, 1.54) is 9.80 Å². The molecule has 6 amide bonds. The molecule has 4 heterocycles. The van der Waals surface area contributed by atoms with E-state index >= 15 is 0 Å². The number of hydrogen-bond acceptors (Lipinski definition) is 13. The topological polar surface area (TPSA) is 270 Å². The highest BCUT2D eigenvalue weighted by Gasteiger charge is 2.55. The summed E-state index contributed by atoms with van der Waals surface area (Å²) in [6.45, 7) is 27.8. The zero-order chi connectivity index (χ0) is 55.4. The molecule has 2 aromatic carbocycles. The van der Waals surface area contributed by atoms with Crippen molar-refractivity contribution in [1.82, 2.24) is 20.4 Å². The Morgan fingerprint density at radius 3 is 1.50 bits per heavy atom. The lowest BCUT2D eigenvalue weighted by Gasteiger charge is -2.44. The molecule has 7 N–H and O–H groups in total. The number of rotatable bonds is 12. The van der Waals surface area contributed by atoms with Crippen LogP contribution < -0.4 is 33.0 Å². The van der Waals surface area contributed by atoms with Crippen LogP contribution in [-0.2, 0) is 64.8 Å². The summed E-state index contributed by atoms with van der Waals surface area (Å²) in [6.07, 6.45) is -1.18. The fraction of sp³-hybridized carbons (Fsp3) is 0.654. The van der Waals surface area contributed by atoms with E-state index < -0.39 is 107 Å². The van der Waals surface area contributed by atoms with Crippen molar-refractivity contribution >= 4 is 61.0 Å². The number of hydrogen-bond donors (Lipinski definition) is 5. The van der Waals surface area contributed by atoms with Crippen LogP contribution in [0.2, 0.25) is 0 Å². The number of primary amides is 2. The minimum Gasteiger partial charge on any atom is -0.465 e. The number of nitrogens with one attached hydrogen (secondary N) is 2. The summed E-state index contributed by atoms with van der Waals surface area (Å²) in [5, 5.41) is 15.1. The number of nitrogens with zero attached hydrogens (tertiary/aromatic N) is 2. The Labute approximate surface area is 437 Å². The molecular weight excluding hydrogens is 954 g/mol. The minimum absolute atomic E-state index is 0.0228. The molecule has 0 unspecified atom stereocenters. The molecule has 4 aliphatic heterocycles. The van der Waals surface area contributed by atoms with Crippen molar-refractivity contribution in [3.05, 3.63) is 59.7 Å². The maximum atomic E-state index is 13.6. The first-order chi connectivity index (χ1) is 34.1. The lowest BCUT2D eigenvalue weighted by molar-refractivity contribution is -0.166. The van der Waals surface area contributed by atoms with E-state index in [9.17, 15) is 33.9 Å². The summed E-state index contributed by atoms with van der Waals surface area (Å²) in [4.78, 5) is 78.1. The Morgan fingerprint density at radius 2 is 1.09 bits per heavy atom. The Balaban J connectivity index is 0.000000274. The van der Waals surface area contributed by atoms with Gasteiger partial charge in [0.25, 0.3) is 11.8 Å². The van der Waals surface area contributed by atoms with E-state index in [1.807, 2.05) is 125 Å². The SMILES string of the molecule is CC(C)(C)OC(=O)N1CCCO[C@H](C(=O)N[C@@H](Cc2ccc(B3OC(C)(C)C(C)(C)O3)cc2)C(N)=O)C1.CC1(C)OB(c2ccc(C[C@H](NC(=O)[C@]3(C(C)(C)C)CN(C(=O)O)CCCO3)C(N)=O)cc2)OC1(C)C. The first kappa shape index (κ1) is 59.6. The van der Waals surface area contributed by atoms with Crippen LogP contribution in [0.3, 0.4) is 0 Å². The number of carbonyl (C=O) groups is 6. The molecule has 408 valence electrons. The second kappa shape index (κ2) is 22.9. The van der Waals surface area contributed by atoms with Crippen LogP contribution in [-0.4, -0.2) is 156 Å². The maximum Gasteiger partial charge on any atom is 0.494 e. The van der Waals surface area contributed by atoms with Gasteiger partial charge in [0.05, 0.1) is 35.5 Å². The van der Waals surface area contributed by atoms with Gasteiger partial charge in [-0.1, -0.05) is 69.3 Å². The maximum absolute atomic E-state index is 13.6. The second-order valence-corrected chi connectivity index (χ2v) is 23.6. The lowest BCUT2D eigenvalue weighted by atomic mass is 9.74. The monoisotopic (exact) mass is 1030 g/mol. The van der Waals surface area contributed by atoms with Gasteiger partial charge >= 0.3 is 26.4 Å². The third-order valence-corrected chi connectivity index (χ3v) is 14.6. The molecule has 0 radical (unpaired) electrons. The molecule has 0 aliphatic carbocycles. The standard InChI is InChI=1S/2C26H40BN3O7/c1-23(2,3)26(16-30(22(33)34)13-8-14-35-26)21(32)29-19(20(28)31)15-17-9-11-18(12-10-17)27-36-24(4,5)25(6,7)37-27;1-24(2,3)35-23(33)30-13-8-14-34-20(16-30)22(32)29-19(21(28)31)15-17-9-11-18(12-10-17)27-36-25(4,5)26(6,7)37-27/h9-12,19H,8,13-16H2,1-7H3,(H2,28,31)(H,29,32)(H,33,34);9-12,19-20H,8,13-16H2,1-7H3,(H2,28,31)(H,29,32)/t19-,26-;19-,20-/m00/s1. The van der Waals surface area contributed by atoms with Crippen molar-refractivity contribution in [2.75, 3.05) is 39.4 Å². The molecule has 4 saturated heterocycles. The number of carbonyl (C=O) groups excluding carboxylic acids is 5. The van der Waals surface area contributed by atoms with Crippen molar-refractivity contribution in [3.8, 4) is 0 Å². The molecule has 4 atom stereocenters. The van der Waals surface area contributed by atoms with Gasteiger partial charge in [-0.05, 0) is 111 Å². The van der Waals surface area contributed by atoms with Gasteiger partial charge < -0.3 is 69.8 Å². The number of benzene rings is 2. The van der Waals surface area contributed by atoms with Crippen molar-refractivity contribution in [1.29, 1.82) is 0 Å². The summed E-state index contributed by atoms with van der Waals surface area (Å²) in [5.41, 5.74) is 9.84. The molecule has 4 aliphatic rings. The normalized spacial score (nSPS) is 23.2. The van der Waals surface area contributed by atoms with Crippen molar-refractivity contribution in [2.24, 2.45) is 16.9 Å². The average molecular weight is 1030 g/mol. The fourth-order valence-corrected chi connectivity index (χ4v) is 8.50. The molecule has 20 nitrogen and oxygen atoms in total. The summed E-state index contributed by atoms with van der Waals surface area (Å²) >= 11 is 0. The summed E-state index contributed by atoms with van der Waals surface area (Å²) in [5.74, 6) is -2.43. The van der Waals surface area contributed by atoms with Gasteiger partial charge in [0.15, 0.2) is 11.7 Å². The highest BCUT2D eigenvalue weighted by Crippen LogP contribution is 2.39. The van der Waals surface area contributed by atoms with Crippen molar-refractivity contribution in [2.45, 2.75) is 174 Å². The summed E-state index contributed by atoms with van der Waals surface area (Å²) in [7, 11) is -1.01. The molecule has 22 heteroatoms. The van der Waals surface area contributed by atoms with E-state index in [0.717, 1.165) is 22.1 Å². The van der Waals surface area contributed by atoms with E-state index in [0.29, 0.717) is 26.0 Å². The van der Waals surface area contributed by atoms with Crippen LogP contribution in [0.1, 0.15) is 121 Å². The smallest absolute Gasteiger partial charge is 0.465 e. The van der Waals surface area contributed by atoms with Crippen LogP contribution >= 0.6 is 0 Å². The van der Waals surface area contributed by atoms with Gasteiger partial charge in [0.2, 0.25) is 11.8 Å². The van der Waals surface area contributed by atoms with E-state index in [1.54, 1.807) is 20.8 Å². The fourth-order valence-electron chi connectivity index (χ4n) is 8.50. The molecule has 0 saturated carbocycles. The molecule has 0 aromatic heterocycles. The third kappa shape index (κ3) is 14.6. The van der Waals surface area contributed by atoms with Gasteiger partial charge in [0, 0.05) is 44.6 Å². The van der Waals surface area contributed by atoms with Crippen LogP contribution in [0.4, 0.5) is 9.59 Å². The molecular formula is C52H80B2N6O14. The number of amides is 6. The van der Waals surface area contributed by atoms with Crippen LogP contribution in [0.15, 0.2) is 48.5 Å². The molecule has 74 heavy (non-hydrogen) atoms. The van der Waals surface area contributed by atoms with Gasteiger partial charge in [-0.15, -0.1) is 0 Å². The van der Waals surface area contributed by atoms with E-state index in [4.69, 9.17) is 44.3 Å². The Morgan fingerprint density at radius 1 is 0.676 bits per heavy atom. The van der Waals surface area contributed by atoms with Crippen LogP contribution in [0.5, 0.6) is 0 Å². The van der Waals surface area contributed by atoms with Gasteiger partial charge in [-0.3, -0.25) is 19.2 Å². The van der Waals surface area contributed by atoms with Crippen molar-refractivity contribution < 1.29 is 66.7 Å². The predicted octanol–water partition coefficient (Wildman–Crippen LogP) is 3.21. The Bertz CT molecular complexity index is 2300. The Kier molecular flexibility index (Phi) is 18.5. The second-order valence-electron chi connectivity index (χ2n) is 23.6. The Hall–Kier alpha value is -5.25. The zero-order valence-electron chi connectivity index (χ0n) is 45.9. The van der Waals surface area contributed by atoms with Gasteiger partial charge in [0.1, 0.15) is 17.7 Å². The number of carboxylic acid groups (broad SMARTS) is 1. The highest BCUT2D eigenvalue weighted by molar-refractivity contribution is 6.62. The van der Waals surface area contributed by atoms with E-state index in [2.05, 4.69) is 10.6 Å². The summed E-state index contributed by atoms with van der Waals surface area (Å²) < 4.78 is 41.5. The van der Waals surface area contributed by atoms with Gasteiger partial charge in [-0.25, -0.2) is 9.59 Å². The van der Waals surface area contributed by atoms with Crippen molar-refractivity contribution in [3.63, 3.8) is 0 Å². The average Bonchev–Trinajstić information content (AvgIpc) is 3.49. The highest BCUT2D eigenvalue weighted by atomic mass is 16.7. The van der Waals surface area contributed by atoms with Gasteiger partial charge in [-0.2, -0.15) is 0 Å². The molecule has 4 fully saturated rings. The minimum atomic E-state index is -1.49. The lowest BCUT2D eigenvalue weighted by Crippen LogP contribution is -2.64. The predicted molar refractivity (Wildman–Crippen MR) is 278 cm³/mol. The zero-order valence-corrected chi connectivity index (χ0v) is 45.9. The number of ether oxygens (including phenoxy) is 3. The molecule has 6 rings (SSSR count). The van der Waals surface area contributed by atoms with Crippen LogP contribution in [0.25, 0.3) is 0 Å².